The van der Waals surface area contributed by atoms with Crippen LogP contribution in [0, 0.1) is 11.6 Å². The number of ketones is 1. The number of imide groups is 1. The maximum Gasteiger partial charge on any atom is 0.243 e. The van der Waals surface area contributed by atoms with E-state index >= 15 is 0 Å². The zero-order valence-corrected chi connectivity index (χ0v) is 10.7. The van der Waals surface area contributed by atoms with Gasteiger partial charge in [-0.25, -0.2) is 8.78 Å². The minimum Gasteiger partial charge on any atom is -0.294 e. The lowest BCUT2D eigenvalue weighted by atomic mass is 10.1. The zero-order chi connectivity index (χ0) is 14.9. The van der Waals surface area contributed by atoms with Gasteiger partial charge < -0.3 is 0 Å². The molecule has 1 saturated heterocycles. The summed E-state index contributed by atoms with van der Waals surface area (Å²) in [5.74, 6) is -3.29. The number of benzene rings is 1. The summed E-state index contributed by atoms with van der Waals surface area (Å²) in [6.07, 6.45) is 0. The summed E-state index contributed by atoms with van der Waals surface area (Å²) >= 11 is 0. The number of nitrogens with zero attached hydrogens (tertiary/aromatic N) is 1. The van der Waals surface area contributed by atoms with E-state index in [9.17, 15) is 23.2 Å². The van der Waals surface area contributed by atoms with Gasteiger partial charge in [-0.1, -0.05) is 0 Å². The van der Waals surface area contributed by atoms with Crippen molar-refractivity contribution in [3.05, 3.63) is 35.4 Å². The molecule has 1 heterocycles. The number of hydrogen-bond acceptors (Lipinski definition) is 4. The van der Waals surface area contributed by atoms with Crippen molar-refractivity contribution in [1.29, 1.82) is 0 Å². The molecule has 1 aliphatic rings. The van der Waals surface area contributed by atoms with Crippen molar-refractivity contribution < 1.29 is 23.2 Å². The molecular formula is C13H12F2N2O3. The molecule has 1 fully saturated rings. The molecule has 0 radical (unpaired) electrons. The van der Waals surface area contributed by atoms with Crippen molar-refractivity contribution >= 4 is 17.6 Å². The molecule has 0 aromatic heterocycles. The Morgan fingerprint density at radius 3 is 2.80 bits per heavy atom. The van der Waals surface area contributed by atoms with Crippen LogP contribution in [-0.4, -0.2) is 41.6 Å². The van der Waals surface area contributed by atoms with E-state index in [0.717, 1.165) is 18.2 Å². The van der Waals surface area contributed by atoms with Crippen LogP contribution in [0.3, 0.4) is 0 Å². The zero-order valence-electron chi connectivity index (χ0n) is 10.7. The number of piperazine rings is 1. The average Bonchev–Trinajstić information content (AvgIpc) is 2.38. The first-order valence-corrected chi connectivity index (χ1v) is 5.94. The van der Waals surface area contributed by atoms with Gasteiger partial charge in [0.1, 0.15) is 11.6 Å². The molecule has 2 rings (SSSR count). The lowest BCUT2D eigenvalue weighted by Gasteiger charge is -2.30. The molecular weight excluding hydrogens is 270 g/mol. The van der Waals surface area contributed by atoms with Crippen LogP contribution in [0.2, 0.25) is 0 Å². The first kappa shape index (κ1) is 14.3. The van der Waals surface area contributed by atoms with Crippen molar-refractivity contribution in [2.24, 2.45) is 0 Å². The van der Waals surface area contributed by atoms with E-state index in [-0.39, 0.29) is 13.1 Å². The Bertz CT molecular complexity index is 589. The SMILES string of the molecule is CC1C(=O)NC(=O)CN1CC(=O)c1cc(F)ccc1F. The summed E-state index contributed by atoms with van der Waals surface area (Å²) in [4.78, 5) is 36.0. The van der Waals surface area contributed by atoms with E-state index < -0.39 is 40.8 Å². The third-order valence-corrected chi connectivity index (χ3v) is 3.11. The molecule has 0 bridgehead atoms. The Kier molecular flexibility index (Phi) is 3.89. The van der Waals surface area contributed by atoms with Gasteiger partial charge in [-0.05, 0) is 25.1 Å². The number of nitrogens with one attached hydrogen (secondary N) is 1. The summed E-state index contributed by atoms with van der Waals surface area (Å²) in [6, 6.07) is 1.88. The highest BCUT2D eigenvalue weighted by Crippen LogP contribution is 2.13. The van der Waals surface area contributed by atoms with Crippen LogP contribution >= 0.6 is 0 Å². The van der Waals surface area contributed by atoms with Crippen LogP contribution in [0.5, 0.6) is 0 Å². The second-order valence-corrected chi connectivity index (χ2v) is 4.54. The van der Waals surface area contributed by atoms with E-state index in [1.165, 1.54) is 11.8 Å². The molecule has 2 amide bonds. The number of carbonyl (C=O) groups is 3. The summed E-state index contributed by atoms with van der Waals surface area (Å²) in [6.45, 7) is 1.05. The van der Waals surface area contributed by atoms with Crippen LogP contribution in [0.1, 0.15) is 17.3 Å². The number of hydrogen-bond donors (Lipinski definition) is 1. The molecule has 5 nitrogen and oxygen atoms in total. The predicted octanol–water partition coefficient (Wildman–Crippen LogP) is 0.494. The molecule has 1 aliphatic heterocycles. The Balaban J connectivity index is 2.16. The molecule has 1 aromatic rings. The molecule has 20 heavy (non-hydrogen) atoms. The summed E-state index contributed by atoms with van der Waals surface area (Å²) in [5, 5.41) is 2.13. The van der Waals surface area contributed by atoms with E-state index in [1.54, 1.807) is 0 Å². The second kappa shape index (κ2) is 5.46. The molecule has 1 aromatic carbocycles. The van der Waals surface area contributed by atoms with Crippen LogP contribution in [0.4, 0.5) is 8.78 Å². The standard InChI is InChI=1S/C13H12F2N2O3/c1-7-13(20)16-12(19)6-17(7)5-11(18)9-4-8(14)2-3-10(9)15/h2-4,7H,5-6H2,1H3,(H,16,19,20). The largest absolute Gasteiger partial charge is 0.294 e. The Morgan fingerprint density at radius 2 is 2.10 bits per heavy atom. The third-order valence-electron chi connectivity index (χ3n) is 3.11. The Labute approximate surface area is 113 Å². The van der Waals surface area contributed by atoms with Crippen LogP contribution in [-0.2, 0) is 9.59 Å². The van der Waals surface area contributed by atoms with E-state index in [4.69, 9.17) is 0 Å². The Hall–Kier alpha value is -2.15. The first-order chi connectivity index (χ1) is 9.38. The minimum atomic E-state index is -0.836. The fourth-order valence-electron chi connectivity index (χ4n) is 1.94. The van der Waals surface area contributed by atoms with E-state index in [1.807, 2.05) is 0 Å². The third kappa shape index (κ3) is 2.88. The minimum absolute atomic E-state index is 0.143. The fourth-order valence-corrected chi connectivity index (χ4v) is 1.94. The molecule has 7 heteroatoms. The van der Waals surface area contributed by atoms with Gasteiger partial charge in [0.15, 0.2) is 5.78 Å². The molecule has 0 aliphatic carbocycles. The molecule has 1 unspecified atom stereocenters. The molecule has 1 N–H and O–H groups in total. The van der Waals surface area contributed by atoms with Gasteiger partial charge in [0, 0.05) is 0 Å². The molecule has 1 atom stereocenters. The van der Waals surface area contributed by atoms with Crippen molar-refractivity contribution in [1.82, 2.24) is 10.2 Å². The number of halogens is 2. The van der Waals surface area contributed by atoms with Crippen molar-refractivity contribution in [3.63, 3.8) is 0 Å². The predicted molar refractivity (Wildman–Crippen MR) is 64.9 cm³/mol. The van der Waals surface area contributed by atoms with Gasteiger partial charge in [0.25, 0.3) is 0 Å². The van der Waals surface area contributed by atoms with Crippen molar-refractivity contribution in [2.45, 2.75) is 13.0 Å². The van der Waals surface area contributed by atoms with Gasteiger partial charge >= 0.3 is 0 Å². The Morgan fingerprint density at radius 1 is 1.40 bits per heavy atom. The number of carbonyl (C=O) groups excluding carboxylic acids is 3. The van der Waals surface area contributed by atoms with E-state index in [2.05, 4.69) is 5.32 Å². The lowest BCUT2D eigenvalue weighted by molar-refractivity contribution is -0.139. The maximum atomic E-state index is 13.5. The highest BCUT2D eigenvalue weighted by Gasteiger charge is 2.31. The van der Waals surface area contributed by atoms with E-state index in [0.29, 0.717) is 0 Å². The number of rotatable bonds is 3. The average molecular weight is 282 g/mol. The monoisotopic (exact) mass is 282 g/mol. The highest BCUT2D eigenvalue weighted by atomic mass is 19.1. The molecule has 106 valence electrons. The van der Waals surface area contributed by atoms with Gasteiger partial charge in [-0.2, -0.15) is 0 Å². The van der Waals surface area contributed by atoms with Crippen LogP contribution in [0.15, 0.2) is 18.2 Å². The van der Waals surface area contributed by atoms with Gasteiger partial charge in [0.05, 0.1) is 24.7 Å². The van der Waals surface area contributed by atoms with Gasteiger partial charge in [-0.3, -0.25) is 24.6 Å². The topological polar surface area (TPSA) is 66.5 Å². The smallest absolute Gasteiger partial charge is 0.243 e. The quantitative estimate of drug-likeness (QED) is 0.647. The summed E-state index contributed by atoms with van der Waals surface area (Å²) in [7, 11) is 0. The molecule has 0 spiro atoms. The van der Waals surface area contributed by atoms with Crippen LogP contribution in [0.25, 0.3) is 0 Å². The first-order valence-electron chi connectivity index (χ1n) is 5.94. The number of amides is 2. The van der Waals surface area contributed by atoms with Gasteiger partial charge in [-0.15, -0.1) is 0 Å². The van der Waals surface area contributed by atoms with Gasteiger partial charge in [0.2, 0.25) is 11.8 Å². The fraction of sp³-hybridized carbons (Fsp3) is 0.308. The van der Waals surface area contributed by atoms with Crippen molar-refractivity contribution in [3.8, 4) is 0 Å². The number of Topliss-reactive ketones (excluding diaryl/α,β-unsaturated/α-hetero) is 1. The second-order valence-electron chi connectivity index (χ2n) is 4.54. The maximum absolute atomic E-state index is 13.5. The summed E-state index contributed by atoms with van der Waals surface area (Å²) < 4.78 is 26.5. The van der Waals surface area contributed by atoms with Crippen LogP contribution < -0.4 is 5.32 Å². The molecule has 0 saturated carbocycles. The highest BCUT2D eigenvalue weighted by molar-refractivity contribution is 6.03. The normalized spacial score (nSPS) is 19.9. The summed E-state index contributed by atoms with van der Waals surface area (Å²) in [5.41, 5.74) is -0.393. The lowest BCUT2D eigenvalue weighted by Crippen LogP contribution is -2.57. The van der Waals surface area contributed by atoms with Crippen molar-refractivity contribution in [2.75, 3.05) is 13.1 Å².